The van der Waals surface area contributed by atoms with E-state index in [0.29, 0.717) is 22.6 Å². The predicted molar refractivity (Wildman–Crippen MR) is 178 cm³/mol. The molecule has 0 aliphatic heterocycles. The lowest BCUT2D eigenvalue weighted by atomic mass is 10.0. The monoisotopic (exact) mass is 579 g/mol. The first-order valence-electron chi connectivity index (χ1n) is 14.2. The van der Waals surface area contributed by atoms with Crippen LogP contribution in [-0.2, 0) is 9.59 Å². The first-order valence-corrected chi connectivity index (χ1v) is 14.2. The number of nitrogens with zero attached hydrogens (tertiary/aromatic N) is 1. The van der Waals surface area contributed by atoms with Crippen LogP contribution < -0.4 is 14.4 Å². The summed E-state index contributed by atoms with van der Waals surface area (Å²) in [4.78, 5) is 25.9. The number of rotatable bonds is 9. The van der Waals surface area contributed by atoms with Crippen LogP contribution in [0.2, 0.25) is 0 Å². The summed E-state index contributed by atoms with van der Waals surface area (Å²) in [7, 11) is 0. The Balaban J connectivity index is 1.39. The summed E-state index contributed by atoms with van der Waals surface area (Å²) in [5, 5.41) is 0. The summed E-state index contributed by atoms with van der Waals surface area (Å²) >= 11 is 0. The molecule has 0 heterocycles. The van der Waals surface area contributed by atoms with Gasteiger partial charge in [-0.25, -0.2) is 9.59 Å². The molecule has 5 aromatic carbocycles. The highest BCUT2D eigenvalue weighted by atomic mass is 16.5. The van der Waals surface area contributed by atoms with E-state index in [-0.39, 0.29) is 0 Å². The number of esters is 2. The number of ether oxygens (including phenoxy) is 2. The van der Waals surface area contributed by atoms with Gasteiger partial charge in [-0.2, -0.15) is 0 Å². The smallest absolute Gasteiger partial charge is 0.338 e. The minimum absolute atomic E-state index is 0.356. The van der Waals surface area contributed by atoms with Crippen LogP contribution in [0.25, 0.3) is 22.3 Å². The molecular weight excluding hydrogens is 546 g/mol. The fourth-order valence-electron chi connectivity index (χ4n) is 4.57. The summed E-state index contributed by atoms with van der Waals surface area (Å²) in [5.41, 5.74) is 9.09. The third-order valence-corrected chi connectivity index (χ3v) is 7.04. The topological polar surface area (TPSA) is 55.8 Å². The molecule has 0 fully saturated rings. The lowest BCUT2D eigenvalue weighted by Crippen LogP contribution is -2.09. The molecule has 5 rings (SSSR count). The maximum absolute atomic E-state index is 11.8. The molecule has 0 aromatic heterocycles. The number of hydrogen-bond acceptors (Lipinski definition) is 5. The fraction of sp³-hybridized carbons (Fsp3) is 0.0769. The SMILES string of the molecule is C=C(C)C(=O)Oc1ccc(-c2ccc(N(c3ccc(C)cc3)c3ccc(-c4ccc(OC(=O)C(=C)C)cc4)cc3)cc2)cc1. The van der Waals surface area contributed by atoms with Crippen LogP contribution in [0.5, 0.6) is 11.5 Å². The van der Waals surface area contributed by atoms with Crippen molar-refractivity contribution in [2.45, 2.75) is 20.8 Å². The number of hydrogen-bond donors (Lipinski definition) is 0. The van der Waals surface area contributed by atoms with Crippen LogP contribution in [0.1, 0.15) is 19.4 Å². The van der Waals surface area contributed by atoms with Crippen LogP contribution in [0.4, 0.5) is 17.1 Å². The maximum atomic E-state index is 11.8. The van der Waals surface area contributed by atoms with Gasteiger partial charge in [0.05, 0.1) is 0 Å². The molecular formula is C39H33NO4. The van der Waals surface area contributed by atoms with Crippen LogP contribution >= 0.6 is 0 Å². The van der Waals surface area contributed by atoms with Crippen LogP contribution in [0, 0.1) is 6.92 Å². The highest BCUT2D eigenvalue weighted by Gasteiger charge is 2.14. The van der Waals surface area contributed by atoms with E-state index in [9.17, 15) is 9.59 Å². The van der Waals surface area contributed by atoms with Gasteiger partial charge in [0.1, 0.15) is 11.5 Å². The fourth-order valence-corrected chi connectivity index (χ4v) is 4.57. The molecule has 0 atom stereocenters. The predicted octanol–water partition coefficient (Wildman–Crippen LogP) is 9.76. The van der Waals surface area contributed by atoms with Gasteiger partial charge in [-0.15, -0.1) is 0 Å². The van der Waals surface area contributed by atoms with Crippen molar-refractivity contribution >= 4 is 29.0 Å². The molecule has 218 valence electrons. The van der Waals surface area contributed by atoms with Crippen molar-refractivity contribution in [1.82, 2.24) is 0 Å². The molecule has 0 saturated carbocycles. The van der Waals surface area contributed by atoms with Crippen LogP contribution in [0.15, 0.2) is 146 Å². The summed E-state index contributed by atoms with van der Waals surface area (Å²) in [5.74, 6) is 0.0840. The van der Waals surface area contributed by atoms with Crippen LogP contribution in [-0.4, -0.2) is 11.9 Å². The molecule has 0 aliphatic rings. The van der Waals surface area contributed by atoms with Crippen LogP contribution in [0.3, 0.4) is 0 Å². The van der Waals surface area contributed by atoms with Gasteiger partial charge in [-0.3, -0.25) is 0 Å². The normalized spacial score (nSPS) is 10.5. The molecule has 5 heteroatoms. The summed E-state index contributed by atoms with van der Waals surface area (Å²) < 4.78 is 10.6. The number of carbonyl (C=O) groups excluding carboxylic acids is 2. The molecule has 0 N–H and O–H groups in total. The van der Waals surface area contributed by atoms with Crippen molar-refractivity contribution in [2.75, 3.05) is 4.90 Å². The van der Waals surface area contributed by atoms with Gasteiger partial charge in [0.2, 0.25) is 0 Å². The third-order valence-electron chi connectivity index (χ3n) is 7.04. The van der Waals surface area contributed by atoms with E-state index in [1.165, 1.54) is 5.56 Å². The lowest BCUT2D eigenvalue weighted by molar-refractivity contribution is -0.130. The number of anilines is 3. The first-order chi connectivity index (χ1) is 21.2. The molecule has 0 spiro atoms. The van der Waals surface area contributed by atoms with Gasteiger partial charge in [0.25, 0.3) is 0 Å². The van der Waals surface area contributed by atoms with E-state index in [2.05, 4.69) is 97.8 Å². The second-order valence-corrected chi connectivity index (χ2v) is 10.7. The van der Waals surface area contributed by atoms with E-state index < -0.39 is 11.9 Å². The Morgan fingerprint density at radius 3 is 1.05 bits per heavy atom. The van der Waals surface area contributed by atoms with Gasteiger partial charge < -0.3 is 14.4 Å². The van der Waals surface area contributed by atoms with Gasteiger partial charge in [-0.1, -0.05) is 79.4 Å². The van der Waals surface area contributed by atoms with E-state index in [1.807, 2.05) is 24.3 Å². The Morgan fingerprint density at radius 1 is 0.477 bits per heavy atom. The molecule has 0 aliphatic carbocycles. The van der Waals surface area contributed by atoms with E-state index in [4.69, 9.17) is 9.47 Å². The van der Waals surface area contributed by atoms with Crippen molar-refractivity contribution in [3.63, 3.8) is 0 Å². The minimum Gasteiger partial charge on any atom is -0.423 e. The van der Waals surface area contributed by atoms with Gasteiger partial charge in [0, 0.05) is 28.2 Å². The average Bonchev–Trinajstić information content (AvgIpc) is 3.03. The van der Waals surface area contributed by atoms with Crippen molar-refractivity contribution in [1.29, 1.82) is 0 Å². The second kappa shape index (κ2) is 13.1. The van der Waals surface area contributed by atoms with E-state index >= 15 is 0 Å². The molecule has 44 heavy (non-hydrogen) atoms. The Hall–Kier alpha value is -5.68. The van der Waals surface area contributed by atoms with Gasteiger partial charge in [-0.05, 0) is 104 Å². The summed E-state index contributed by atoms with van der Waals surface area (Å²) in [6, 6.07) is 40.1. The molecule has 0 amide bonds. The molecule has 0 saturated heterocycles. The molecule has 5 nitrogen and oxygen atoms in total. The zero-order valence-electron chi connectivity index (χ0n) is 25.0. The number of benzene rings is 5. The van der Waals surface area contributed by atoms with Crippen molar-refractivity contribution < 1.29 is 19.1 Å². The quantitative estimate of drug-likeness (QED) is 0.0988. The highest BCUT2D eigenvalue weighted by Crippen LogP contribution is 2.37. The standard InChI is InChI=1S/C39H33NO4/c1-26(2)38(41)43-36-22-12-31(13-23-36)29-8-18-34(19-9-29)40(33-16-6-28(5)7-17-33)35-20-10-30(11-21-35)32-14-24-37(25-15-32)44-39(42)27(3)4/h6-25H,1,3H2,2,4-5H3. The molecule has 0 bridgehead atoms. The number of aryl methyl sites for hydroxylation is 1. The molecule has 5 aromatic rings. The van der Waals surface area contributed by atoms with E-state index in [1.54, 1.807) is 38.1 Å². The van der Waals surface area contributed by atoms with E-state index in [0.717, 1.165) is 39.3 Å². The van der Waals surface area contributed by atoms with Crippen molar-refractivity contribution in [3.8, 4) is 33.8 Å². The maximum Gasteiger partial charge on any atom is 0.338 e. The van der Waals surface area contributed by atoms with Crippen molar-refractivity contribution in [2.24, 2.45) is 0 Å². The second-order valence-electron chi connectivity index (χ2n) is 10.7. The lowest BCUT2D eigenvalue weighted by Gasteiger charge is -2.26. The zero-order valence-corrected chi connectivity index (χ0v) is 25.0. The highest BCUT2D eigenvalue weighted by molar-refractivity contribution is 5.89. The Labute approximate surface area is 258 Å². The molecule has 0 radical (unpaired) electrons. The minimum atomic E-state index is -0.439. The third kappa shape index (κ3) is 7.02. The van der Waals surface area contributed by atoms with Crippen molar-refractivity contribution in [3.05, 3.63) is 151 Å². The Kier molecular flexibility index (Phi) is 8.87. The largest absolute Gasteiger partial charge is 0.423 e. The summed E-state index contributed by atoms with van der Waals surface area (Å²) in [6.07, 6.45) is 0. The van der Waals surface area contributed by atoms with Gasteiger partial charge >= 0.3 is 11.9 Å². The van der Waals surface area contributed by atoms with Gasteiger partial charge in [0.15, 0.2) is 0 Å². The Morgan fingerprint density at radius 2 is 0.750 bits per heavy atom. The average molecular weight is 580 g/mol. The first kappa shape index (κ1) is 29.8. The zero-order chi connectivity index (χ0) is 31.2. The Bertz CT molecular complexity index is 1690. The molecule has 0 unspecified atom stereocenters. The summed E-state index contributed by atoms with van der Waals surface area (Å²) in [6.45, 7) is 12.6. The number of carbonyl (C=O) groups is 2.